The van der Waals surface area contributed by atoms with E-state index in [2.05, 4.69) is 20.6 Å². The van der Waals surface area contributed by atoms with E-state index in [9.17, 15) is 9.59 Å². The molecule has 172 valence electrons. The lowest BCUT2D eigenvalue weighted by molar-refractivity contribution is -0.122. The Labute approximate surface area is 203 Å². The monoisotopic (exact) mass is 480 g/mol. The average Bonchev–Trinajstić information content (AvgIpc) is 3.27. The van der Waals surface area contributed by atoms with Crippen molar-refractivity contribution >= 4 is 34.9 Å². The summed E-state index contributed by atoms with van der Waals surface area (Å²) in [6, 6.07) is 17.8. The van der Waals surface area contributed by atoms with Gasteiger partial charge in [-0.1, -0.05) is 54.2 Å². The van der Waals surface area contributed by atoms with Gasteiger partial charge in [-0.2, -0.15) is 0 Å². The van der Waals surface area contributed by atoms with E-state index in [0.717, 1.165) is 21.3 Å². The molecule has 33 heavy (non-hydrogen) atoms. The normalized spacial score (nSPS) is 14.3. The molecule has 2 aromatic carbocycles. The van der Waals surface area contributed by atoms with Crippen LogP contribution in [0.3, 0.4) is 0 Å². The quantitative estimate of drug-likeness (QED) is 0.497. The molecular weight excluding hydrogens is 452 g/mol. The Hall–Kier alpha value is -2.68. The van der Waals surface area contributed by atoms with Gasteiger partial charge in [0.2, 0.25) is 5.91 Å². The first-order chi connectivity index (χ1) is 16.1. The number of aryl methyl sites for hydroxylation is 1. The summed E-state index contributed by atoms with van der Waals surface area (Å²) in [5.74, 6) is 0.907. The van der Waals surface area contributed by atoms with Crippen molar-refractivity contribution in [2.45, 2.75) is 23.6 Å². The van der Waals surface area contributed by atoms with Gasteiger partial charge in [0.05, 0.1) is 6.54 Å². The number of rotatable bonds is 8. The van der Waals surface area contributed by atoms with Crippen LogP contribution in [0.5, 0.6) is 0 Å². The van der Waals surface area contributed by atoms with E-state index in [1.165, 1.54) is 5.56 Å². The number of carbonyl (C=O) groups excluding carboxylic acids is 2. The summed E-state index contributed by atoms with van der Waals surface area (Å²) in [5.41, 5.74) is 4.03. The van der Waals surface area contributed by atoms with E-state index in [-0.39, 0.29) is 11.8 Å². The number of amides is 2. The summed E-state index contributed by atoms with van der Waals surface area (Å²) >= 11 is 3.38. The minimum Gasteiger partial charge on any atom is -0.351 e. The van der Waals surface area contributed by atoms with Gasteiger partial charge in [-0.3, -0.25) is 14.5 Å². The van der Waals surface area contributed by atoms with Crippen LogP contribution in [0.2, 0.25) is 0 Å². The summed E-state index contributed by atoms with van der Waals surface area (Å²) in [5, 5.41) is 5.02. The molecule has 0 atom stereocenters. The largest absolute Gasteiger partial charge is 0.351 e. The zero-order valence-corrected chi connectivity index (χ0v) is 20.3. The van der Waals surface area contributed by atoms with Crippen LogP contribution in [0.25, 0.3) is 0 Å². The van der Waals surface area contributed by atoms with Crippen molar-refractivity contribution in [3.05, 3.63) is 82.4 Å². The second kappa shape index (κ2) is 11.4. The lowest BCUT2D eigenvalue weighted by atomic mass is 10.1. The molecule has 2 amide bonds. The summed E-state index contributed by atoms with van der Waals surface area (Å²) in [6.45, 7) is 5.56. The minimum atomic E-state index is 0.0139. The SMILES string of the molecule is Cc1csc(SCc2ccc(C(=O)N3CCN(CC(=O)NCc4ccccc4)CC3)cc2)n1. The van der Waals surface area contributed by atoms with Crippen molar-refractivity contribution in [2.75, 3.05) is 32.7 Å². The fourth-order valence-electron chi connectivity index (χ4n) is 3.63. The van der Waals surface area contributed by atoms with E-state index in [1.54, 1.807) is 23.1 Å². The molecule has 1 N–H and O–H groups in total. The summed E-state index contributed by atoms with van der Waals surface area (Å²) in [6.07, 6.45) is 0. The molecule has 1 aromatic heterocycles. The van der Waals surface area contributed by atoms with Gasteiger partial charge in [0.25, 0.3) is 5.91 Å². The molecule has 4 rings (SSSR count). The third-order valence-corrected chi connectivity index (χ3v) is 7.73. The van der Waals surface area contributed by atoms with Crippen LogP contribution in [0.1, 0.15) is 27.2 Å². The third-order valence-electron chi connectivity index (χ3n) is 5.52. The zero-order chi connectivity index (χ0) is 23.0. The van der Waals surface area contributed by atoms with Crippen LogP contribution in [0.15, 0.2) is 64.3 Å². The lowest BCUT2D eigenvalue weighted by Crippen LogP contribution is -2.51. The molecule has 0 unspecified atom stereocenters. The molecule has 2 heterocycles. The van der Waals surface area contributed by atoms with Crippen molar-refractivity contribution < 1.29 is 9.59 Å². The Kier molecular flexibility index (Phi) is 8.15. The number of benzene rings is 2. The predicted octanol–water partition coefficient (Wildman–Crippen LogP) is 3.82. The van der Waals surface area contributed by atoms with Crippen LogP contribution in [0, 0.1) is 6.92 Å². The van der Waals surface area contributed by atoms with Gasteiger partial charge >= 0.3 is 0 Å². The molecule has 1 aliphatic rings. The van der Waals surface area contributed by atoms with Crippen molar-refractivity contribution in [1.29, 1.82) is 0 Å². The Morgan fingerprint density at radius 3 is 2.39 bits per heavy atom. The maximum absolute atomic E-state index is 12.9. The molecule has 8 heteroatoms. The zero-order valence-electron chi connectivity index (χ0n) is 18.7. The third kappa shape index (κ3) is 6.90. The van der Waals surface area contributed by atoms with Gasteiger partial charge in [-0.25, -0.2) is 4.98 Å². The molecule has 0 radical (unpaired) electrons. The van der Waals surface area contributed by atoms with E-state index < -0.39 is 0 Å². The Bertz CT molecular complexity index is 1060. The number of hydrogen-bond acceptors (Lipinski definition) is 6. The number of hydrogen-bond donors (Lipinski definition) is 1. The molecule has 3 aromatic rings. The van der Waals surface area contributed by atoms with E-state index in [4.69, 9.17) is 0 Å². The van der Waals surface area contributed by atoms with Crippen molar-refractivity contribution in [3.63, 3.8) is 0 Å². The first-order valence-corrected chi connectivity index (χ1v) is 12.9. The van der Waals surface area contributed by atoms with E-state index >= 15 is 0 Å². The number of nitrogens with one attached hydrogen (secondary N) is 1. The van der Waals surface area contributed by atoms with Gasteiger partial charge in [-0.15, -0.1) is 11.3 Å². The van der Waals surface area contributed by atoms with Crippen LogP contribution >= 0.6 is 23.1 Å². The number of piperazine rings is 1. The number of thiazole rings is 1. The van der Waals surface area contributed by atoms with Crippen molar-refractivity contribution in [1.82, 2.24) is 20.1 Å². The van der Waals surface area contributed by atoms with E-state index in [0.29, 0.717) is 44.8 Å². The number of nitrogens with zero attached hydrogens (tertiary/aromatic N) is 3. The molecule has 1 fully saturated rings. The van der Waals surface area contributed by atoms with Crippen LogP contribution in [0.4, 0.5) is 0 Å². The molecule has 0 aliphatic carbocycles. The standard InChI is InChI=1S/C25H28N4O2S2/c1-19-17-32-25(27-19)33-18-21-7-9-22(10-8-21)24(31)29-13-11-28(12-14-29)16-23(30)26-15-20-5-3-2-4-6-20/h2-10,17H,11-16,18H2,1H3,(H,26,30). The van der Waals surface area contributed by atoms with Gasteiger partial charge in [0.1, 0.15) is 4.34 Å². The smallest absolute Gasteiger partial charge is 0.253 e. The average molecular weight is 481 g/mol. The van der Waals surface area contributed by atoms with Crippen LogP contribution < -0.4 is 5.32 Å². The molecule has 1 aliphatic heterocycles. The number of aromatic nitrogens is 1. The fraction of sp³-hybridized carbons (Fsp3) is 0.320. The highest BCUT2D eigenvalue weighted by atomic mass is 32.2. The van der Waals surface area contributed by atoms with Crippen molar-refractivity contribution in [2.24, 2.45) is 0 Å². The van der Waals surface area contributed by atoms with Crippen LogP contribution in [-0.2, 0) is 17.1 Å². The highest BCUT2D eigenvalue weighted by molar-refractivity contribution is 8.00. The lowest BCUT2D eigenvalue weighted by Gasteiger charge is -2.34. The molecule has 6 nitrogen and oxygen atoms in total. The van der Waals surface area contributed by atoms with Gasteiger partial charge in [0, 0.05) is 55.1 Å². The first-order valence-electron chi connectivity index (χ1n) is 11.0. The molecule has 0 spiro atoms. The summed E-state index contributed by atoms with van der Waals surface area (Å²) in [7, 11) is 0. The Morgan fingerprint density at radius 1 is 1.00 bits per heavy atom. The Morgan fingerprint density at radius 2 is 1.73 bits per heavy atom. The topological polar surface area (TPSA) is 65.5 Å². The summed E-state index contributed by atoms with van der Waals surface area (Å²) in [4.78, 5) is 33.6. The van der Waals surface area contributed by atoms with Gasteiger partial charge in [-0.05, 0) is 30.2 Å². The predicted molar refractivity (Wildman–Crippen MR) is 133 cm³/mol. The second-order valence-corrected chi connectivity index (χ2v) is 10.2. The van der Waals surface area contributed by atoms with Gasteiger partial charge < -0.3 is 10.2 Å². The molecule has 0 saturated carbocycles. The molecular formula is C25H28N4O2S2. The highest BCUT2D eigenvalue weighted by Crippen LogP contribution is 2.26. The Balaban J connectivity index is 1.19. The summed E-state index contributed by atoms with van der Waals surface area (Å²) < 4.78 is 1.07. The fourth-order valence-corrected chi connectivity index (χ4v) is 5.44. The van der Waals surface area contributed by atoms with E-state index in [1.807, 2.05) is 66.4 Å². The number of thioether (sulfide) groups is 1. The maximum Gasteiger partial charge on any atom is 0.253 e. The molecule has 0 bridgehead atoms. The minimum absolute atomic E-state index is 0.0139. The first kappa shape index (κ1) is 23.5. The van der Waals surface area contributed by atoms with Crippen molar-refractivity contribution in [3.8, 4) is 0 Å². The maximum atomic E-state index is 12.9. The molecule has 1 saturated heterocycles. The number of carbonyl (C=O) groups is 2. The highest BCUT2D eigenvalue weighted by Gasteiger charge is 2.23. The second-order valence-electron chi connectivity index (χ2n) is 8.07. The van der Waals surface area contributed by atoms with Gasteiger partial charge in [0.15, 0.2) is 0 Å². The van der Waals surface area contributed by atoms with Crippen LogP contribution in [-0.4, -0.2) is 59.3 Å².